The average molecular weight is 291 g/mol. The average Bonchev–Trinajstić information content (AvgIpc) is 2.50. The molecule has 0 N–H and O–H groups in total. The van der Waals surface area contributed by atoms with Crippen molar-refractivity contribution in [1.29, 1.82) is 5.26 Å². The van der Waals surface area contributed by atoms with E-state index in [4.69, 9.17) is 10.00 Å². The molecule has 0 heterocycles. The van der Waals surface area contributed by atoms with Crippen LogP contribution in [0, 0.1) is 29.0 Å². The molecule has 1 aliphatic rings. The molecule has 0 saturated heterocycles. The topological polar surface area (TPSA) is 50.1 Å². The molecule has 1 aromatic carbocycles. The zero-order valence-corrected chi connectivity index (χ0v) is 11.4. The first-order valence-electron chi connectivity index (χ1n) is 6.83. The monoisotopic (exact) mass is 291 g/mol. The number of carbonyl (C=O) groups excluding carboxylic acids is 1. The van der Waals surface area contributed by atoms with Gasteiger partial charge in [0.2, 0.25) is 0 Å². The molecule has 5 heteroatoms. The fraction of sp³-hybridized carbons (Fsp3) is 0.375. The van der Waals surface area contributed by atoms with Crippen molar-refractivity contribution in [3.05, 3.63) is 42.0 Å². The Morgan fingerprint density at radius 2 is 1.86 bits per heavy atom. The van der Waals surface area contributed by atoms with Gasteiger partial charge in [-0.3, -0.25) is 4.79 Å². The maximum absolute atomic E-state index is 12.9. The molecule has 2 rings (SSSR count). The molecule has 0 bridgehead atoms. The van der Waals surface area contributed by atoms with Crippen LogP contribution in [0.4, 0.5) is 8.78 Å². The van der Waals surface area contributed by atoms with Crippen LogP contribution in [0.2, 0.25) is 0 Å². The van der Waals surface area contributed by atoms with Crippen molar-refractivity contribution in [2.75, 3.05) is 0 Å². The number of rotatable bonds is 3. The van der Waals surface area contributed by atoms with Crippen LogP contribution in [0.5, 0.6) is 5.75 Å². The molecule has 1 aromatic rings. The lowest BCUT2D eigenvalue weighted by molar-refractivity contribution is -0.140. The molecule has 1 saturated carbocycles. The van der Waals surface area contributed by atoms with Crippen LogP contribution >= 0.6 is 0 Å². The first-order chi connectivity index (χ1) is 10.1. The lowest BCUT2D eigenvalue weighted by atomic mass is 9.82. The Hall–Kier alpha value is -2.22. The quantitative estimate of drug-likeness (QED) is 0.482. The number of nitrogens with zero attached hydrogens (tertiary/aromatic N) is 1. The largest absolute Gasteiger partial charge is 0.426 e. The highest BCUT2D eigenvalue weighted by Gasteiger charge is 2.27. The van der Waals surface area contributed by atoms with E-state index in [1.54, 1.807) is 0 Å². The van der Waals surface area contributed by atoms with Crippen LogP contribution in [0.3, 0.4) is 0 Å². The van der Waals surface area contributed by atoms with Gasteiger partial charge in [0.15, 0.2) is 5.83 Å². The van der Waals surface area contributed by atoms with Crippen molar-refractivity contribution >= 4 is 5.97 Å². The summed E-state index contributed by atoms with van der Waals surface area (Å²) in [5.41, 5.74) is 0. The molecule has 110 valence electrons. The Balaban J connectivity index is 1.86. The zero-order chi connectivity index (χ0) is 15.2. The van der Waals surface area contributed by atoms with Crippen LogP contribution in [0.1, 0.15) is 25.7 Å². The second kappa shape index (κ2) is 6.98. The molecule has 3 nitrogen and oxygen atoms in total. The van der Waals surface area contributed by atoms with E-state index in [0.29, 0.717) is 31.4 Å². The standard InChI is InChI=1S/C16H15F2NO2/c17-13-5-7-15(8-6-13)21-16(20)12-3-1-11(2-4-12)9-14(18)10-19/h5-9,11-12H,1-4H2. The van der Waals surface area contributed by atoms with Crippen molar-refractivity contribution in [3.8, 4) is 11.8 Å². The fourth-order valence-corrected chi connectivity index (χ4v) is 2.47. The van der Waals surface area contributed by atoms with Crippen molar-refractivity contribution in [2.24, 2.45) is 11.8 Å². The van der Waals surface area contributed by atoms with E-state index in [-0.39, 0.29) is 23.6 Å². The SMILES string of the molecule is N#CC(F)=CC1CCC(C(=O)Oc2ccc(F)cc2)CC1. The smallest absolute Gasteiger partial charge is 0.314 e. The third-order valence-electron chi connectivity index (χ3n) is 3.63. The van der Waals surface area contributed by atoms with Crippen LogP contribution < -0.4 is 4.74 Å². The Kier molecular flexibility index (Phi) is 5.04. The molecule has 0 radical (unpaired) electrons. The maximum atomic E-state index is 12.9. The number of benzene rings is 1. The van der Waals surface area contributed by atoms with E-state index < -0.39 is 5.83 Å². The molecular formula is C16H15F2NO2. The Labute approximate surface area is 121 Å². The minimum Gasteiger partial charge on any atom is -0.426 e. The van der Waals surface area contributed by atoms with Gasteiger partial charge in [-0.1, -0.05) is 0 Å². The molecule has 21 heavy (non-hydrogen) atoms. The summed E-state index contributed by atoms with van der Waals surface area (Å²) in [6, 6.07) is 6.73. The van der Waals surface area contributed by atoms with Crippen LogP contribution in [0.25, 0.3) is 0 Å². The van der Waals surface area contributed by atoms with Gasteiger partial charge < -0.3 is 4.74 Å². The van der Waals surface area contributed by atoms with Gasteiger partial charge in [0.1, 0.15) is 17.6 Å². The second-order valence-electron chi connectivity index (χ2n) is 5.11. The molecule has 0 atom stereocenters. The molecule has 0 spiro atoms. The van der Waals surface area contributed by atoms with Gasteiger partial charge >= 0.3 is 5.97 Å². The van der Waals surface area contributed by atoms with Gasteiger partial charge in [-0.2, -0.15) is 9.65 Å². The maximum Gasteiger partial charge on any atom is 0.314 e. The van der Waals surface area contributed by atoms with E-state index in [1.807, 2.05) is 0 Å². The van der Waals surface area contributed by atoms with Crippen molar-refractivity contribution < 1.29 is 18.3 Å². The van der Waals surface area contributed by atoms with Gasteiger partial charge in [-0.05, 0) is 61.9 Å². The summed E-state index contributed by atoms with van der Waals surface area (Å²) in [6.07, 6.45) is 3.82. The molecule has 0 aliphatic heterocycles. The summed E-state index contributed by atoms with van der Waals surface area (Å²) in [4.78, 5) is 12.0. The highest BCUT2D eigenvalue weighted by atomic mass is 19.1. The Morgan fingerprint density at radius 1 is 1.24 bits per heavy atom. The van der Waals surface area contributed by atoms with Crippen LogP contribution in [-0.2, 0) is 4.79 Å². The summed E-state index contributed by atoms with van der Waals surface area (Å²) in [6.45, 7) is 0. The minimum absolute atomic E-state index is 0.000443. The van der Waals surface area contributed by atoms with Crippen molar-refractivity contribution in [3.63, 3.8) is 0 Å². The highest BCUT2D eigenvalue weighted by Crippen LogP contribution is 2.31. The number of carbonyl (C=O) groups is 1. The van der Waals surface area contributed by atoms with E-state index in [1.165, 1.54) is 36.4 Å². The third kappa shape index (κ3) is 4.38. The Morgan fingerprint density at radius 3 is 2.43 bits per heavy atom. The van der Waals surface area contributed by atoms with Crippen molar-refractivity contribution in [2.45, 2.75) is 25.7 Å². The predicted molar refractivity (Wildman–Crippen MR) is 72.3 cm³/mol. The van der Waals surface area contributed by atoms with Crippen LogP contribution in [-0.4, -0.2) is 5.97 Å². The molecule has 1 aliphatic carbocycles. The number of hydrogen-bond acceptors (Lipinski definition) is 3. The molecule has 1 fully saturated rings. The number of allylic oxidation sites excluding steroid dienone is 2. The summed E-state index contributed by atoms with van der Waals surface area (Å²) in [5.74, 6) is -1.41. The van der Waals surface area contributed by atoms with E-state index in [9.17, 15) is 13.6 Å². The van der Waals surface area contributed by atoms with E-state index >= 15 is 0 Å². The predicted octanol–water partition coefficient (Wildman–Crippen LogP) is 3.91. The third-order valence-corrected chi connectivity index (χ3v) is 3.63. The number of nitriles is 1. The van der Waals surface area contributed by atoms with E-state index in [0.717, 1.165) is 0 Å². The van der Waals surface area contributed by atoms with Gasteiger partial charge in [0.05, 0.1) is 5.92 Å². The number of esters is 1. The minimum atomic E-state index is -0.771. The first-order valence-corrected chi connectivity index (χ1v) is 6.83. The summed E-state index contributed by atoms with van der Waals surface area (Å²) >= 11 is 0. The number of halogens is 2. The van der Waals surface area contributed by atoms with Gasteiger partial charge in [-0.25, -0.2) is 4.39 Å². The molecule has 0 amide bonds. The van der Waals surface area contributed by atoms with Gasteiger partial charge in [0, 0.05) is 0 Å². The summed E-state index contributed by atoms with van der Waals surface area (Å²) < 4.78 is 30.8. The zero-order valence-electron chi connectivity index (χ0n) is 11.4. The summed E-state index contributed by atoms with van der Waals surface area (Å²) in [7, 11) is 0. The van der Waals surface area contributed by atoms with Gasteiger partial charge in [-0.15, -0.1) is 0 Å². The highest BCUT2D eigenvalue weighted by molar-refractivity contribution is 5.75. The molecule has 0 unspecified atom stereocenters. The first kappa shape index (κ1) is 15.2. The second-order valence-corrected chi connectivity index (χ2v) is 5.11. The molecular weight excluding hydrogens is 276 g/mol. The normalized spacial score (nSPS) is 22.4. The molecule has 0 aromatic heterocycles. The van der Waals surface area contributed by atoms with Gasteiger partial charge in [0.25, 0.3) is 0 Å². The lowest BCUT2D eigenvalue weighted by Gasteiger charge is -2.25. The van der Waals surface area contributed by atoms with Crippen molar-refractivity contribution in [1.82, 2.24) is 0 Å². The summed E-state index contributed by atoms with van der Waals surface area (Å²) in [5, 5.41) is 8.40. The fourth-order valence-electron chi connectivity index (χ4n) is 2.47. The van der Waals surface area contributed by atoms with E-state index in [2.05, 4.69) is 0 Å². The van der Waals surface area contributed by atoms with Crippen LogP contribution in [0.15, 0.2) is 36.2 Å². The Bertz CT molecular complexity index is 567. The number of ether oxygens (including phenoxy) is 1. The number of hydrogen-bond donors (Lipinski definition) is 0. The lowest BCUT2D eigenvalue weighted by Crippen LogP contribution is -2.25.